The zero-order chi connectivity index (χ0) is 18.7. The van der Waals surface area contributed by atoms with Crippen molar-refractivity contribution in [3.63, 3.8) is 0 Å². The van der Waals surface area contributed by atoms with Crippen LogP contribution in [0.3, 0.4) is 0 Å². The SMILES string of the molecule is COC(=O)c1cnc(NC(=O)CCn2cnc3c(C)cccc3c2=O)s1. The molecule has 8 nitrogen and oxygen atoms in total. The third-order valence-corrected chi connectivity index (χ3v) is 4.67. The van der Waals surface area contributed by atoms with E-state index in [-0.39, 0.29) is 24.4 Å². The van der Waals surface area contributed by atoms with Gasteiger partial charge in [0.15, 0.2) is 5.13 Å². The molecule has 0 saturated heterocycles. The van der Waals surface area contributed by atoms with E-state index < -0.39 is 5.97 Å². The van der Waals surface area contributed by atoms with Gasteiger partial charge in [-0.25, -0.2) is 14.8 Å². The van der Waals surface area contributed by atoms with Gasteiger partial charge in [0.25, 0.3) is 5.56 Å². The van der Waals surface area contributed by atoms with Crippen LogP contribution in [0.4, 0.5) is 5.13 Å². The Bertz CT molecular complexity index is 1040. The fraction of sp³-hybridized carbons (Fsp3) is 0.235. The van der Waals surface area contributed by atoms with Gasteiger partial charge < -0.3 is 10.1 Å². The minimum absolute atomic E-state index is 0.0754. The van der Waals surface area contributed by atoms with Gasteiger partial charge in [-0.15, -0.1) is 0 Å². The summed E-state index contributed by atoms with van der Waals surface area (Å²) in [5.41, 5.74) is 1.40. The van der Waals surface area contributed by atoms with Crippen LogP contribution in [0.2, 0.25) is 0 Å². The average molecular weight is 372 g/mol. The summed E-state index contributed by atoms with van der Waals surface area (Å²) in [4.78, 5) is 44.5. The van der Waals surface area contributed by atoms with Gasteiger partial charge in [-0.2, -0.15) is 0 Å². The third kappa shape index (κ3) is 3.62. The highest BCUT2D eigenvalue weighted by Gasteiger charge is 2.13. The van der Waals surface area contributed by atoms with Gasteiger partial charge in [0.1, 0.15) is 4.88 Å². The van der Waals surface area contributed by atoms with Crippen LogP contribution in [0.1, 0.15) is 21.7 Å². The van der Waals surface area contributed by atoms with Crippen LogP contribution in [0, 0.1) is 6.92 Å². The maximum Gasteiger partial charge on any atom is 0.349 e. The fourth-order valence-electron chi connectivity index (χ4n) is 2.43. The van der Waals surface area contributed by atoms with Crippen molar-refractivity contribution in [3.8, 4) is 0 Å². The second kappa shape index (κ2) is 7.44. The van der Waals surface area contributed by atoms with Gasteiger partial charge in [-0.3, -0.25) is 14.2 Å². The van der Waals surface area contributed by atoms with Crippen LogP contribution in [0.25, 0.3) is 10.9 Å². The number of benzene rings is 1. The molecule has 134 valence electrons. The molecule has 2 aromatic heterocycles. The predicted octanol–water partition coefficient (Wildman–Crippen LogP) is 1.98. The van der Waals surface area contributed by atoms with Crippen molar-refractivity contribution in [1.29, 1.82) is 0 Å². The number of carbonyl (C=O) groups excluding carboxylic acids is 2. The van der Waals surface area contributed by atoms with E-state index in [4.69, 9.17) is 0 Å². The van der Waals surface area contributed by atoms with Crippen molar-refractivity contribution < 1.29 is 14.3 Å². The predicted molar refractivity (Wildman–Crippen MR) is 97.4 cm³/mol. The van der Waals surface area contributed by atoms with E-state index >= 15 is 0 Å². The highest BCUT2D eigenvalue weighted by molar-refractivity contribution is 7.17. The summed E-state index contributed by atoms with van der Waals surface area (Å²) in [5.74, 6) is -0.820. The van der Waals surface area contributed by atoms with Gasteiger partial charge in [-0.1, -0.05) is 23.5 Å². The van der Waals surface area contributed by atoms with Crippen molar-refractivity contribution in [2.24, 2.45) is 0 Å². The molecular formula is C17H16N4O4S. The number of methoxy groups -OCH3 is 1. The maximum absolute atomic E-state index is 12.5. The number of carbonyl (C=O) groups is 2. The molecule has 0 aliphatic heterocycles. The van der Waals surface area contributed by atoms with Crippen molar-refractivity contribution >= 4 is 39.2 Å². The van der Waals surface area contributed by atoms with Crippen LogP contribution < -0.4 is 10.9 Å². The number of fused-ring (bicyclic) bond motifs is 1. The van der Waals surface area contributed by atoms with E-state index in [1.165, 1.54) is 24.2 Å². The van der Waals surface area contributed by atoms with Crippen LogP contribution >= 0.6 is 11.3 Å². The molecule has 0 bridgehead atoms. The normalized spacial score (nSPS) is 10.7. The highest BCUT2D eigenvalue weighted by Crippen LogP contribution is 2.19. The lowest BCUT2D eigenvalue weighted by molar-refractivity contribution is -0.116. The largest absolute Gasteiger partial charge is 0.465 e. The lowest BCUT2D eigenvalue weighted by Gasteiger charge is -2.07. The molecule has 0 saturated carbocycles. The topological polar surface area (TPSA) is 103 Å². The number of aryl methyl sites for hydroxylation is 2. The molecule has 3 aromatic rings. The first-order valence-electron chi connectivity index (χ1n) is 7.78. The first kappa shape index (κ1) is 17.7. The molecule has 1 aromatic carbocycles. The van der Waals surface area contributed by atoms with Crippen molar-refractivity contribution in [2.75, 3.05) is 12.4 Å². The molecule has 2 heterocycles. The minimum Gasteiger partial charge on any atom is -0.465 e. The summed E-state index contributed by atoms with van der Waals surface area (Å²) < 4.78 is 6.00. The zero-order valence-electron chi connectivity index (χ0n) is 14.2. The molecule has 9 heteroatoms. The maximum atomic E-state index is 12.5. The van der Waals surface area contributed by atoms with Crippen LogP contribution in [-0.2, 0) is 16.1 Å². The number of rotatable bonds is 5. The van der Waals surface area contributed by atoms with Gasteiger partial charge in [0.2, 0.25) is 5.91 Å². The molecular weight excluding hydrogens is 356 g/mol. The molecule has 26 heavy (non-hydrogen) atoms. The molecule has 3 rings (SSSR count). The van der Waals surface area contributed by atoms with E-state index in [1.807, 2.05) is 13.0 Å². The molecule has 0 unspecified atom stereocenters. The first-order chi connectivity index (χ1) is 12.5. The van der Waals surface area contributed by atoms with Crippen LogP contribution in [0.15, 0.2) is 35.5 Å². The number of hydrogen-bond donors (Lipinski definition) is 1. The Labute approximate surface area is 152 Å². The van der Waals surface area contributed by atoms with Crippen LogP contribution in [-0.4, -0.2) is 33.5 Å². The summed E-state index contributed by atoms with van der Waals surface area (Å²) in [6, 6.07) is 5.42. The summed E-state index contributed by atoms with van der Waals surface area (Å²) in [7, 11) is 1.27. The Morgan fingerprint density at radius 2 is 2.12 bits per heavy atom. The third-order valence-electron chi connectivity index (χ3n) is 3.77. The Morgan fingerprint density at radius 1 is 1.31 bits per heavy atom. The number of anilines is 1. The molecule has 0 spiro atoms. The molecule has 0 atom stereocenters. The van der Waals surface area contributed by atoms with E-state index in [0.717, 1.165) is 16.9 Å². The van der Waals surface area contributed by atoms with Gasteiger partial charge in [0.05, 0.1) is 30.5 Å². The van der Waals surface area contributed by atoms with E-state index in [0.29, 0.717) is 20.9 Å². The number of thiazole rings is 1. The molecule has 0 aliphatic rings. The van der Waals surface area contributed by atoms with Crippen molar-refractivity contribution in [3.05, 3.63) is 51.5 Å². The molecule has 1 N–H and O–H groups in total. The average Bonchev–Trinajstić information content (AvgIpc) is 3.09. The molecule has 1 amide bonds. The highest BCUT2D eigenvalue weighted by atomic mass is 32.1. The standard InChI is InChI=1S/C17H16N4O4S/c1-10-4-3-5-11-14(10)19-9-21(15(11)23)7-6-13(22)20-17-18-8-12(26-17)16(24)25-2/h3-5,8-9H,6-7H2,1-2H3,(H,18,20,22). The fourth-order valence-corrected chi connectivity index (χ4v) is 3.18. The number of hydrogen-bond acceptors (Lipinski definition) is 7. The van der Waals surface area contributed by atoms with E-state index in [9.17, 15) is 14.4 Å². The van der Waals surface area contributed by atoms with Crippen LogP contribution in [0.5, 0.6) is 0 Å². The number of esters is 1. The summed E-state index contributed by atoms with van der Waals surface area (Å²) in [5, 5.41) is 3.43. The molecule has 0 fully saturated rings. The van der Waals surface area contributed by atoms with Gasteiger partial charge >= 0.3 is 5.97 Å². The number of para-hydroxylation sites is 1. The van der Waals surface area contributed by atoms with Gasteiger partial charge in [0, 0.05) is 13.0 Å². The van der Waals surface area contributed by atoms with Gasteiger partial charge in [-0.05, 0) is 18.6 Å². The second-order valence-corrected chi connectivity index (χ2v) is 6.56. The Kier molecular flexibility index (Phi) is 5.08. The summed E-state index contributed by atoms with van der Waals surface area (Å²) >= 11 is 1.02. The zero-order valence-corrected chi connectivity index (χ0v) is 15.0. The summed E-state index contributed by atoms with van der Waals surface area (Å²) in [6.45, 7) is 2.08. The Morgan fingerprint density at radius 3 is 2.88 bits per heavy atom. The minimum atomic E-state index is -0.507. The quantitative estimate of drug-likeness (QED) is 0.687. The van der Waals surface area contributed by atoms with Crippen molar-refractivity contribution in [1.82, 2.24) is 14.5 Å². The number of nitrogens with one attached hydrogen (secondary N) is 1. The van der Waals surface area contributed by atoms with Crippen molar-refractivity contribution in [2.45, 2.75) is 19.9 Å². The number of ether oxygens (including phenoxy) is 1. The lowest BCUT2D eigenvalue weighted by atomic mass is 10.1. The number of amides is 1. The smallest absolute Gasteiger partial charge is 0.349 e. The first-order valence-corrected chi connectivity index (χ1v) is 8.60. The molecule has 0 radical (unpaired) electrons. The second-order valence-electron chi connectivity index (χ2n) is 5.53. The number of aromatic nitrogens is 3. The lowest BCUT2D eigenvalue weighted by Crippen LogP contribution is -2.23. The monoisotopic (exact) mass is 372 g/mol. The Hall–Kier alpha value is -3.07. The summed E-state index contributed by atoms with van der Waals surface area (Å²) in [6.07, 6.45) is 2.86. The van der Waals surface area contributed by atoms with E-state index in [1.54, 1.807) is 12.1 Å². The van der Waals surface area contributed by atoms with E-state index in [2.05, 4.69) is 20.0 Å². The molecule has 0 aliphatic carbocycles. The Balaban J connectivity index is 1.67. The number of nitrogens with zero attached hydrogens (tertiary/aromatic N) is 3.